The van der Waals surface area contributed by atoms with Crippen molar-refractivity contribution in [3.63, 3.8) is 0 Å². The topological polar surface area (TPSA) is 26.0 Å². The van der Waals surface area contributed by atoms with E-state index in [0.29, 0.717) is 6.42 Å². The number of halogens is 3. The SMILES string of the molecule is CC(N)CC(c1ccccc1)c1ccc(C(F)(F)F)cc1. The van der Waals surface area contributed by atoms with Gasteiger partial charge < -0.3 is 5.73 Å². The Morgan fingerprint density at radius 1 is 0.905 bits per heavy atom. The fraction of sp³-hybridized carbons (Fsp3) is 0.294. The molecule has 2 rings (SSSR count). The maximum Gasteiger partial charge on any atom is 0.416 e. The smallest absolute Gasteiger partial charge is 0.328 e. The lowest BCUT2D eigenvalue weighted by Gasteiger charge is -2.20. The molecule has 2 atom stereocenters. The highest BCUT2D eigenvalue weighted by Crippen LogP contribution is 2.33. The molecule has 0 aliphatic rings. The maximum atomic E-state index is 12.6. The van der Waals surface area contributed by atoms with Crippen molar-refractivity contribution in [1.82, 2.24) is 0 Å². The van der Waals surface area contributed by atoms with E-state index in [4.69, 9.17) is 5.73 Å². The summed E-state index contributed by atoms with van der Waals surface area (Å²) < 4.78 is 37.9. The quantitative estimate of drug-likeness (QED) is 0.877. The van der Waals surface area contributed by atoms with E-state index in [1.807, 2.05) is 37.3 Å². The molecule has 0 heterocycles. The summed E-state index contributed by atoms with van der Waals surface area (Å²) in [4.78, 5) is 0. The zero-order valence-electron chi connectivity index (χ0n) is 11.8. The van der Waals surface area contributed by atoms with Crippen molar-refractivity contribution in [1.29, 1.82) is 0 Å². The molecule has 112 valence electrons. The van der Waals surface area contributed by atoms with Crippen LogP contribution in [-0.4, -0.2) is 6.04 Å². The summed E-state index contributed by atoms with van der Waals surface area (Å²) in [6, 6.07) is 15.0. The predicted octanol–water partition coefficient (Wildman–Crippen LogP) is 4.57. The lowest BCUT2D eigenvalue weighted by atomic mass is 9.86. The summed E-state index contributed by atoms with van der Waals surface area (Å²) in [6.07, 6.45) is -3.61. The second-order valence-electron chi connectivity index (χ2n) is 5.30. The third-order valence-corrected chi connectivity index (χ3v) is 3.45. The molecular formula is C17H18F3N. The average molecular weight is 293 g/mol. The maximum absolute atomic E-state index is 12.6. The predicted molar refractivity (Wildman–Crippen MR) is 78.0 cm³/mol. The first-order valence-corrected chi connectivity index (χ1v) is 6.85. The first-order chi connectivity index (χ1) is 9.88. The Morgan fingerprint density at radius 2 is 1.43 bits per heavy atom. The second kappa shape index (κ2) is 6.31. The Hall–Kier alpha value is -1.81. The van der Waals surface area contributed by atoms with Gasteiger partial charge in [0.05, 0.1) is 5.56 Å². The minimum Gasteiger partial charge on any atom is -0.328 e. The molecule has 0 amide bonds. The van der Waals surface area contributed by atoms with Gasteiger partial charge in [-0.3, -0.25) is 0 Å². The van der Waals surface area contributed by atoms with Crippen LogP contribution in [0.3, 0.4) is 0 Å². The molecule has 2 N–H and O–H groups in total. The van der Waals surface area contributed by atoms with Gasteiger partial charge in [-0.25, -0.2) is 0 Å². The van der Waals surface area contributed by atoms with Crippen molar-refractivity contribution >= 4 is 0 Å². The lowest BCUT2D eigenvalue weighted by Crippen LogP contribution is -2.19. The monoisotopic (exact) mass is 293 g/mol. The van der Waals surface area contributed by atoms with Gasteiger partial charge in [0, 0.05) is 12.0 Å². The standard InChI is InChI=1S/C17H18F3N/c1-12(21)11-16(13-5-3-2-4-6-13)14-7-9-15(10-8-14)17(18,19)20/h2-10,12,16H,11,21H2,1H3. The van der Waals surface area contributed by atoms with Crippen molar-refractivity contribution in [3.05, 3.63) is 71.3 Å². The minimum atomic E-state index is -4.30. The third-order valence-electron chi connectivity index (χ3n) is 3.45. The van der Waals surface area contributed by atoms with E-state index < -0.39 is 11.7 Å². The molecule has 0 saturated carbocycles. The van der Waals surface area contributed by atoms with Crippen LogP contribution in [0.1, 0.15) is 36.0 Å². The molecule has 2 unspecified atom stereocenters. The van der Waals surface area contributed by atoms with E-state index in [2.05, 4.69) is 0 Å². The number of hydrogen-bond donors (Lipinski definition) is 1. The van der Waals surface area contributed by atoms with E-state index in [1.54, 1.807) is 12.1 Å². The Kier molecular flexibility index (Phi) is 4.68. The van der Waals surface area contributed by atoms with Crippen molar-refractivity contribution in [3.8, 4) is 0 Å². The number of rotatable bonds is 4. The molecule has 0 saturated heterocycles. The Labute approximate surface area is 122 Å². The number of benzene rings is 2. The summed E-state index contributed by atoms with van der Waals surface area (Å²) in [7, 11) is 0. The fourth-order valence-corrected chi connectivity index (χ4v) is 2.43. The van der Waals surface area contributed by atoms with Crippen LogP contribution in [0.4, 0.5) is 13.2 Å². The summed E-state index contributed by atoms with van der Waals surface area (Å²) in [5, 5.41) is 0. The van der Waals surface area contributed by atoms with Crippen molar-refractivity contribution in [2.45, 2.75) is 31.5 Å². The molecule has 2 aromatic rings. The van der Waals surface area contributed by atoms with Gasteiger partial charge in [-0.15, -0.1) is 0 Å². The molecular weight excluding hydrogens is 275 g/mol. The van der Waals surface area contributed by atoms with E-state index >= 15 is 0 Å². The van der Waals surface area contributed by atoms with Crippen LogP contribution in [0.5, 0.6) is 0 Å². The first-order valence-electron chi connectivity index (χ1n) is 6.85. The molecule has 21 heavy (non-hydrogen) atoms. The minimum absolute atomic E-state index is 0.00786. The van der Waals surface area contributed by atoms with Crippen LogP contribution < -0.4 is 5.73 Å². The molecule has 0 bridgehead atoms. The van der Waals surface area contributed by atoms with Crippen LogP contribution in [0, 0.1) is 0 Å². The largest absolute Gasteiger partial charge is 0.416 e. The zero-order valence-corrected chi connectivity index (χ0v) is 11.8. The van der Waals surface area contributed by atoms with Crippen LogP contribution in [-0.2, 0) is 6.18 Å². The van der Waals surface area contributed by atoms with Crippen LogP contribution >= 0.6 is 0 Å². The van der Waals surface area contributed by atoms with Gasteiger partial charge in [-0.05, 0) is 36.6 Å². The van der Waals surface area contributed by atoms with E-state index in [1.165, 1.54) is 0 Å². The fourth-order valence-electron chi connectivity index (χ4n) is 2.43. The van der Waals surface area contributed by atoms with Gasteiger partial charge in [0.15, 0.2) is 0 Å². The second-order valence-corrected chi connectivity index (χ2v) is 5.30. The van der Waals surface area contributed by atoms with E-state index in [0.717, 1.165) is 23.3 Å². The molecule has 0 aliphatic carbocycles. The average Bonchev–Trinajstić information content (AvgIpc) is 2.45. The summed E-state index contributed by atoms with van der Waals surface area (Å²) >= 11 is 0. The molecule has 1 nitrogen and oxygen atoms in total. The van der Waals surface area contributed by atoms with Gasteiger partial charge in [0.25, 0.3) is 0 Å². The van der Waals surface area contributed by atoms with Crippen LogP contribution in [0.15, 0.2) is 54.6 Å². The number of alkyl halides is 3. The molecule has 4 heteroatoms. The Balaban J connectivity index is 2.33. The van der Waals surface area contributed by atoms with Gasteiger partial charge in [0.1, 0.15) is 0 Å². The van der Waals surface area contributed by atoms with Crippen molar-refractivity contribution in [2.24, 2.45) is 5.73 Å². The Bertz CT molecular complexity index is 559. The van der Waals surface area contributed by atoms with Gasteiger partial charge in [0.2, 0.25) is 0 Å². The lowest BCUT2D eigenvalue weighted by molar-refractivity contribution is -0.137. The van der Waals surface area contributed by atoms with Crippen LogP contribution in [0.25, 0.3) is 0 Å². The summed E-state index contributed by atoms with van der Waals surface area (Å²) in [5.41, 5.74) is 7.18. The normalized spacial score (nSPS) is 14.7. The Morgan fingerprint density at radius 3 is 1.90 bits per heavy atom. The third kappa shape index (κ3) is 4.08. The summed E-state index contributed by atoms with van der Waals surface area (Å²) in [6.45, 7) is 1.90. The van der Waals surface area contributed by atoms with Gasteiger partial charge in [-0.1, -0.05) is 42.5 Å². The van der Waals surface area contributed by atoms with E-state index in [-0.39, 0.29) is 12.0 Å². The molecule has 0 fully saturated rings. The number of nitrogens with two attached hydrogens (primary N) is 1. The zero-order chi connectivity index (χ0) is 15.5. The molecule has 0 spiro atoms. The van der Waals surface area contributed by atoms with E-state index in [9.17, 15) is 13.2 Å². The van der Waals surface area contributed by atoms with Gasteiger partial charge >= 0.3 is 6.18 Å². The van der Waals surface area contributed by atoms with Crippen molar-refractivity contribution < 1.29 is 13.2 Å². The first kappa shape index (κ1) is 15.6. The highest BCUT2D eigenvalue weighted by atomic mass is 19.4. The summed E-state index contributed by atoms with van der Waals surface area (Å²) in [5.74, 6) is 0.00786. The van der Waals surface area contributed by atoms with Gasteiger partial charge in [-0.2, -0.15) is 13.2 Å². The van der Waals surface area contributed by atoms with Crippen LogP contribution in [0.2, 0.25) is 0 Å². The highest BCUT2D eigenvalue weighted by Gasteiger charge is 2.30. The molecule has 0 radical (unpaired) electrons. The van der Waals surface area contributed by atoms with Crippen molar-refractivity contribution in [2.75, 3.05) is 0 Å². The molecule has 0 aromatic heterocycles. The number of hydrogen-bond acceptors (Lipinski definition) is 1. The highest BCUT2D eigenvalue weighted by molar-refractivity contribution is 5.35. The molecule has 2 aromatic carbocycles. The molecule has 0 aliphatic heterocycles.